The van der Waals surface area contributed by atoms with Gasteiger partial charge in [0.25, 0.3) is 0 Å². The van der Waals surface area contributed by atoms with Crippen LogP contribution in [0, 0.1) is 11.6 Å². The molecule has 1 aliphatic carbocycles. The number of hydrogen-bond acceptors (Lipinski definition) is 1. The van der Waals surface area contributed by atoms with Gasteiger partial charge in [-0.1, -0.05) is 17.7 Å². The standard InChI is InChI=1S/C11H12ClF2N/c12-9-8(13)2-1-7(10(9)14)3-4-11(15)5-6-11/h1-2H,3-6,15H2. The molecule has 0 aliphatic heterocycles. The minimum Gasteiger partial charge on any atom is -0.325 e. The topological polar surface area (TPSA) is 26.0 Å². The van der Waals surface area contributed by atoms with Crippen molar-refractivity contribution >= 4 is 11.6 Å². The highest BCUT2D eigenvalue weighted by Crippen LogP contribution is 2.37. The van der Waals surface area contributed by atoms with Gasteiger partial charge in [0.2, 0.25) is 0 Å². The van der Waals surface area contributed by atoms with Gasteiger partial charge in [-0.05, 0) is 37.3 Å². The highest BCUT2D eigenvalue weighted by Gasteiger charge is 2.37. The molecule has 0 aromatic heterocycles. The van der Waals surface area contributed by atoms with Gasteiger partial charge in [0.1, 0.15) is 16.7 Å². The fourth-order valence-electron chi connectivity index (χ4n) is 1.55. The molecule has 1 aromatic carbocycles. The Kier molecular flexibility index (Phi) is 2.69. The normalized spacial score (nSPS) is 17.9. The Bertz CT molecular complexity index is 388. The van der Waals surface area contributed by atoms with Crippen molar-refractivity contribution in [3.63, 3.8) is 0 Å². The molecule has 2 rings (SSSR count). The van der Waals surface area contributed by atoms with E-state index >= 15 is 0 Å². The molecule has 0 unspecified atom stereocenters. The van der Waals surface area contributed by atoms with Crippen molar-refractivity contribution in [3.8, 4) is 0 Å². The molecule has 82 valence electrons. The van der Waals surface area contributed by atoms with Gasteiger partial charge in [-0.25, -0.2) is 8.78 Å². The molecule has 15 heavy (non-hydrogen) atoms. The minimum atomic E-state index is -0.716. The van der Waals surface area contributed by atoms with Crippen LogP contribution in [-0.2, 0) is 6.42 Å². The zero-order chi connectivity index (χ0) is 11.1. The summed E-state index contributed by atoms with van der Waals surface area (Å²) in [6.45, 7) is 0. The lowest BCUT2D eigenvalue weighted by Crippen LogP contribution is -2.22. The number of rotatable bonds is 3. The van der Waals surface area contributed by atoms with Crippen LogP contribution in [0.15, 0.2) is 12.1 Å². The van der Waals surface area contributed by atoms with E-state index in [9.17, 15) is 8.78 Å². The lowest BCUT2D eigenvalue weighted by atomic mass is 10.0. The smallest absolute Gasteiger partial charge is 0.147 e. The molecule has 0 radical (unpaired) electrons. The van der Waals surface area contributed by atoms with Gasteiger partial charge in [0.15, 0.2) is 0 Å². The lowest BCUT2D eigenvalue weighted by Gasteiger charge is -2.09. The number of nitrogens with two attached hydrogens (primary N) is 1. The second kappa shape index (κ2) is 3.72. The van der Waals surface area contributed by atoms with Crippen molar-refractivity contribution in [1.82, 2.24) is 0 Å². The van der Waals surface area contributed by atoms with Crippen LogP contribution in [0.4, 0.5) is 8.78 Å². The zero-order valence-electron chi connectivity index (χ0n) is 8.19. The lowest BCUT2D eigenvalue weighted by molar-refractivity contribution is 0.553. The van der Waals surface area contributed by atoms with Crippen LogP contribution in [0.2, 0.25) is 5.02 Å². The van der Waals surface area contributed by atoms with Crippen molar-refractivity contribution < 1.29 is 8.78 Å². The van der Waals surface area contributed by atoms with Gasteiger partial charge >= 0.3 is 0 Å². The van der Waals surface area contributed by atoms with Gasteiger partial charge in [-0.15, -0.1) is 0 Å². The van der Waals surface area contributed by atoms with Gasteiger partial charge in [-0.3, -0.25) is 0 Å². The predicted octanol–water partition coefficient (Wildman–Crippen LogP) is 3.04. The molecule has 0 heterocycles. The van der Waals surface area contributed by atoms with Crippen molar-refractivity contribution in [1.29, 1.82) is 0 Å². The number of halogens is 3. The molecule has 0 atom stereocenters. The molecular formula is C11H12ClF2N. The van der Waals surface area contributed by atoms with E-state index in [0.29, 0.717) is 12.0 Å². The highest BCUT2D eigenvalue weighted by atomic mass is 35.5. The SMILES string of the molecule is NC1(CCc2ccc(F)c(Cl)c2F)CC1. The van der Waals surface area contributed by atoms with Crippen LogP contribution in [0.1, 0.15) is 24.8 Å². The van der Waals surface area contributed by atoms with Gasteiger partial charge in [-0.2, -0.15) is 0 Å². The molecular weight excluding hydrogens is 220 g/mol. The van der Waals surface area contributed by atoms with E-state index < -0.39 is 16.7 Å². The zero-order valence-corrected chi connectivity index (χ0v) is 8.95. The van der Waals surface area contributed by atoms with Crippen LogP contribution >= 0.6 is 11.6 Å². The first kappa shape index (κ1) is 10.8. The first-order chi connectivity index (χ1) is 7.02. The summed E-state index contributed by atoms with van der Waals surface area (Å²) in [7, 11) is 0. The van der Waals surface area contributed by atoms with Gasteiger partial charge < -0.3 is 5.73 Å². The van der Waals surface area contributed by atoms with Crippen LogP contribution < -0.4 is 5.73 Å². The third kappa shape index (κ3) is 2.29. The third-order valence-electron chi connectivity index (χ3n) is 2.90. The van der Waals surface area contributed by atoms with E-state index in [1.54, 1.807) is 0 Å². The molecule has 2 N–H and O–H groups in total. The van der Waals surface area contributed by atoms with Crippen molar-refractivity contribution in [3.05, 3.63) is 34.4 Å². The second-order valence-electron chi connectivity index (χ2n) is 4.20. The molecule has 1 aromatic rings. The average molecular weight is 232 g/mol. The van der Waals surface area contributed by atoms with Gasteiger partial charge in [0, 0.05) is 5.54 Å². The van der Waals surface area contributed by atoms with Crippen molar-refractivity contribution in [2.75, 3.05) is 0 Å². The van der Waals surface area contributed by atoms with Crippen LogP contribution in [0.25, 0.3) is 0 Å². The summed E-state index contributed by atoms with van der Waals surface area (Å²) < 4.78 is 26.3. The fraction of sp³-hybridized carbons (Fsp3) is 0.455. The first-order valence-corrected chi connectivity index (χ1v) is 5.31. The summed E-state index contributed by atoms with van der Waals surface area (Å²) in [4.78, 5) is 0. The quantitative estimate of drug-likeness (QED) is 0.795. The van der Waals surface area contributed by atoms with Gasteiger partial charge in [0.05, 0.1) is 0 Å². The van der Waals surface area contributed by atoms with E-state index in [-0.39, 0.29) is 5.54 Å². The molecule has 4 heteroatoms. The van der Waals surface area contributed by atoms with Crippen LogP contribution in [0.3, 0.4) is 0 Å². The van der Waals surface area contributed by atoms with E-state index in [2.05, 4.69) is 0 Å². The summed E-state index contributed by atoms with van der Waals surface area (Å²) in [5.41, 5.74) is 6.21. The monoisotopic (exact) mass is 231 g/mol. The highest BCUT2D eigenvalue weighted by molar-refractivity contribution is 6.30. The largest absolute Gasteiger partial charge is 0.325 e. The molecule has 0 bridgehead atoms. The van der Waals surface area contributed by atoms with E-state index in [0.717, 1.165) is 19.3 Å². The molecule has 0 spiro atoms. The summed E-state index contributed by atoms with van der Waals surface area (Å²) in [5.74, 6) is -1.37. The fourth-order valence-corrected chi connectivity index (χ4v) is 1.74. The van der Waals surface area contributed by atoms with E-state index in [1.807, 2.05) is 0 Å². The molecule has 1 fully saturated rings. The van der Waals surface area contributed by atoms with Crippen molar-refractivity contribution in [2.24, 2.45) is 5.73 Å². The molecule has 1 aliphatic rings. The molecule has 1 nitrogen and oxygen atoms in total. The summed E-state index contributed by atoms with van der Waals surface area (Å²) in [5, 5.41) is -0.422. The van der Waals surface area contributed by atoms with E-state index in [1.165, 1.54) is 12.1 Å². The van der Waals surface area contributed by atoms with Crippen LogP contribution in [-0.4, -0.2) is 5.54 Å². The summed E-state index contributed by atoms with van der Waals surface area (Å²) in [6.07, 6.45) is 3.22. The summed E-state index contributed by atoms with van der Waals surface area (Å²) >= 11 is 5.47. The Morgan fingerprint density at radius 3 is 2.60 bits per heavy atom. The maximum atomic E-state index is 13.4. The predicted molar refractivity (Wildman–Crippen MR) is 55.8 cm³/mol. The number of benzene rings is 1. The average Bonchev–Trinajstić information content (AvgIpc) is 2.93. The molecule has 1 saturated carbocycles. The second-order valence-corrected chi connectivity index (χ2v) is 4.57. The Balaban J connectivity index is 2.11. The molecule has 0 amide bonds. The number of aryl methyl sites for hydroxylation is 1. The Hall–Kier alpha value is -0.670. The maximum Gasteiger partial charge on any atom is 0.147 e. The summed E-state index contributed by atoms with van der Waals surface area (Å²) in [6, 6.07) is 2.62. The van der Waals surface area contributed by atoms with Crippen molar-refractivity contribution in [2.45, 2.75) is 31.2 Å². The molecule has 0 saturated heterocycles. The maximum absolute atomic E-state index is 13.4. The van der Waals surface area contributed by atoms with E-state index in [4.69, 9.17) is 17.3 Å². The van der Waals surface area contributed by atoms with Crippen LogP contribution in [0.5, 0.6) is 0 Å². The Morgan fingerprint density at radius 2 is 2.00 bits per heavy atom. The Morgan fingerprint density at radius 1 is 1.33 bits per heavy atom. The number of hydrogen-bond donors (Lipinski definition) is 1. The Labute approximate surface area is 92.2 Å². The first-order valence-electron chi connectivity index (χ1n) is 4.93. The third-order valence-corrected chi connectivity index (χ3v) is 3.25. The minimum absolute atomic E-state index is 0.118.